The number of oxazole rings is 7. The molecule has 0 unspecified atom stereocenters. The largest absolute Gasteiger partial charge is 0.442 e. The molecule has 9 rings (SSSR count). The number of hydrogen-bond acceptors (Lipinski definition) is 16. The zero-order valence-corrected chi connectivity index (χ0v) is 22.1. The lowest BCUT2D eigenvalue weighted by molar-refractivity contribution is 0.527. The molecule has 1 aliphatic heterocycles. The van der Waals surface area contributed by atoms with Gasteiger partial charge in [-0.15, -0.1) is 11.3 Å². The molecule has 15 nitrogen and oxygen atoms in total. The van der Waals surface area contributed by atoms with Crippen molar-refractivity contribution in [3.8, 4) is 91.8 Å². The summed E-state index contributed by atoms with van der Waals surface area (Å²) < 4.78 is 40.0. The SMILES string of the molecule is Cc1oc2nc1-c1nc(c(C)o1)-c1nc(co1)-c1nc(co1)-c1nc(co1)-c1nc(co1)-c1nc(co1)-c1nc-2cs1. The smallest absolute Gasteiger partial charge is 0.249 e. The van der Waals surface area contributed by atoms with Gasteiger partial charge in [-0.1, -0.05) is 0 Å². The van der Waals surface area contributed by atoms with Gasteiger partial charge in [0, 0.05) is 5.38 Å². The van der Waals surface area contributed by atoms with Crippen LogP contribution < -0.4 is 0 Å². The number of rotatable bonds is 0. The van der Waals surface area contributed by atoms with Gasteiger partial charge < -0.3 is 30.9 Å². The molecule has 8 aromatic rings. The first-order chi connectivity index (χ1) is 20.6. The second kappa shape index (κ2) is 8.31. The Balaban J connectivity index is 1.20. The Morgan fingerprint density at radius 3 is 1.45 bits per heavy atom. The summed E-state index contributed by atoms with van der Waals surface area (Å²) in [6.07, 6.45) is 7.10. The number of fused-ring (bicyclic) bond motifs is 24. The fourth-order valence-corrected chi connectivity index (χ4v) is 5.07. The van der Waals surface area contributed by atoms with Crippen LogP contribution in [0.25, 0.3) is 91.8 Å². The molecule has 16 bridgehead atoms. The highest BCUT2D eigenvalue weighted by molar-refractivity contribution is 7.13. The van der Waals surface area contributed by atoms with E-state index < -0.39 is 0 Å². The van der Waals surface area contributed by atoms with Crippen LogP contribution in [0.5, 0.6) is 0 Å². The summed E-state index contributed by atoms with van der Waals surface area (Å²) in [5.41, 5.74) is 3.21. The van der Waals surface area contributed by atoms with Crippen molar-refractivity contribution in [2.75, 3.05) is 0 Å². The van der Waals surface area contributed by atoms with Crippen molar-refractivity contribution in [2.24, 2.45) is 0 Å². The summed E-state index contributed by atoms with van der Waals surface area (Å²) in [5, 5.41) is 2.41. The van der Waals surface area contributed by atoms with E-state index in [0.29, 0.717) is 68.0 Å². The van der Waals surface area contributed by atoms with E-state index in [4.69, 9.17) is 30.9 Å². The normalized spacial score (nSPS) is 12.0. The van der Waals surface area contributed by atoms with Gasteiger partial charge in [0.1, 0.15) is 59.2 Å². The van der Waals surface area contributed by atoms with Crippen molar-refractivity contribution in [2.45, 2.75) is 13.8 Å². The zero-order chi connectivity index (χ0) is 27.9. The van der Waals surface area contributed by atoms with Crippen LogP contribution in [-0.4, -0.2) is 39.9 Å². The lowest BCUT2D eigenvalue weighted by atomic mass is 10.3. The molecule has 8 aromatic heterocycles. The minimum absolute atomic E-state index is 0.188. The Kier molecular flexibility index (Phi) is 4.52. The number of aryl methyl sites for hydroxylation is 2. The molecule has 0 spiro atoms. The van der Waals surface area contributed by atoms with E-state index in [1.54, 1.807) is 13.8 Å². The maximum absolute atomic E-state index is 5.92. The van der Waals surface area contributed by atoms with Crippen LogP contribution in [0.15, 0.2) is 67.6 Å². The second-order valence-corrected chi connectivity index (χ2v) is 9.93. The molecular weight excluding hydrogens is 568 g/mol. The second-order valence-electron chi connectivity index (χ2n) is 9.08. The zero-order valence-electron chi connectivity index (χ0n) is 21.3. The van der Waals surface area contributed by atoms with Gasteiger partial charge >= 0.3 is 0 Å². The summed E-state index contributed by atoms with van der Waals surface area (Å²) in [5.74, 6) is 2.54. The number of nitrogens with zero attached hydrogens (tertiary/aromatic N) is 8. The number of thiazole rings is 1. The molecule has 0 saturated heterocycles. The Morgan fingerprint density at radius 2 is 0.857 bits per heavy atom. The predicted octanol–water partition coefficient (Wildman–Crippen LogP) is 6.33. The van der Waals surface area contributed by atoms with Crippen LogP contribution in [0, 0.1) is 13.8 Å². The molecule has 9 heterocycles. The minimum atomic E-state index is 0.188. The summed E-state index contributed by atoms with van der Waals surface area (Å²) in [6.45, 7) is 3.51. The van der Waals surface area contributed by atoms with E-state index in [0.717, 1.165) is 0 Å². The van der Waals surface area contributed by atoms with Gasteiger partial charge in [-0.3, -0.25) is 0 Å². The van der Waals surface area contributed by atoms with Gasteiger partial charge in [-0.05, 0) is 13.8 Å². The predicted molar refractivity (Wildman–Crippen MR) is 139 cm³/mol. The third-order valence-corrected chi connectivity index (χ3v) is 7.20. The maximum atomic E-state index is 5.92. The third kappa shape index (κ3) is 3.45. The monoisotopic (exact) mass is 580 g/mol. The molecule has 1 aliphatic rings. The van der Waals surface area contributed by atoms with E-state index in [1.165, 1.54) is 42.7 Å². The highest BCUT2D eigenvalue weighted by atomic mass is 32.1. The third-order valence-electron chi connectivity index (χ3n) is 6.34. The molecule has 0 amide bonds. The molecule has 0 fully saturated rings. The van der Waals surface area contributed by atoms with E-state index >= 15 is 0 Å². The maximum Gasteiger partial charge on any atom is 0.249 e. The van der Waals surface area contributed by atoms with Crippen molar-refractivity contribution < 1.29 is 30.9 Å². The van der Waals surface area contributed by atoms with Crippen LogP contribution >= 0.6 is 11.3 Å². The van der Waals surface area contributed by atoms with Gasteiger partial charge in [0.25, 0.3) is 0 Å². The molecule has 0 radical (unpaired) electrons. The van der Waals surface area contributed by atoms with Gasteiger partial charge in [-0.2, -0.15) is 0 Å². The first-order valence-corrected chi connectivity index (χ1v) is 13.1. The molecule has 0 N–H and O–H groups in total. The van der Waals surface area contributed by atoms with Crippen molar-refractivity contribution in [1.82, 2.24) is 39.9 Å². The summed E-state index contributed by atoms with van der Waals surface area (Å²) >= 11 is 1.36. The Hall–Kier alpha value is -5.90. The van der Waals surface area contributed by atoms with Gasteiger partial charge in [0.2, 0.25) is 41.2 Å². The molecule has 204 valence electrons. The molecule has 0 saturated carbocycles. The molecular formula is C26H12N8O7S. The fraction of sp³-hybridized carbons (Fsp3) is 0.0769. The van der Waals surface area contributed by atoms with Crippen molar-refractivity contribution in [1.29, 1.82) is 0 Å². The van der Waals surface area contributed by atoms with Crippen LogP contribution in [-0.2, 0) is 0 Å². The highest BCUT2D eigenvalue weighted by Gasteiger charge is 2.26. The van der Waals surface area contributed by atoms with Gasteiger partial charge in [0.05, 0.1) is 0 Å². The summed E-state index contributed by atoms with van der Waals surface area (Å²) in [4.78, 5) is 36.2. The van der Waals surface area contributed by atoms with Crippen LogP contribution in [0.4, 0.5) is 0 Å². The van der Waals surface area contributed by atoms with Gasteiger partial charge in [0.15, 0.2) is 34.2 Å². The Morgan fingerprint density at radius 1 is 0.429 bits per heavy atom. The molecule has 0 atom stereocenters. The van der Waals surface area contributed by atoms with Gasteiger partial charge in [-0.25, -0.2) is 39.9 Å². The number of aromatic nitrogens is 8. The Labute approximate surface area is 236 Å². The first kappa shape index (κ1) is 22.9. The van der Waals surface area contributed by atoms with E-state index in [2.05, 4.69) is 39.9 Å². The quantitative estimate of drug-likeness (QED) is 0.193. The standard InChI is InChI=1S/C26H12N8O7S/c1-9-17-24-30-14(6-39-24)21-28-12(4-37-21)19-27-11(3-35-19)20-29-13(5-36-20)22-31-15(7-38-22)26-32-16(8-42-26)23-33-18(10(2)40-23)25(34-17)41-9/h3-8H,1-2H3. The highest BCUT2D eigenvalue weighted by Crippen LogP contribution is 2.36. The van der Waals surface area contributed by atoms with E-state index in [9.17, 15) is 0 Å². The van der Waals surface area contributed by atoms with Crippen molar-refractivity contribution >= 4 is 11.3 Å². The van der Waals surface area contributed by atoms with E-state index in [-0.39, 0.29) is 35.3 Å². The van der Waals surface area contributed by atoms with Crippen molar-refractivity contribution in [3.05, 3.63) is 48.2 Å². The fourth-order valence-electron chi connectivity index (χ4n) is 4.33. The molecule has 42 heavy (non-hydrogen) atoms. The average Bonchev–Trinajstić information content (AvgIpc) is 3.81. The average molecular weight is 580 g/mol. The summed E-state index contributed by atoms with van der Waals surface area (Å²) in [6, 6.07) is 0. The Bertz CT molecular complexity index is 2270. The van der Waals surface area contributed by atoms with Crippen LogP contribution in [0.1, 0.15) is 11.5 Å². The molecule has 0 aromatic carbocycles. The molecule has 16 heteroatoms. The van der Waals surface area contributed by atoms with Crippen LogP contribution in [0.3, 0.4) is 0 Å². The summed E-state index contributed by atoms with van der Waals surface area (Å²) in [7, 11) is 0. The first-order valence-electron chi connectivity index (χ1n) is 12.3. The minimum Gasteiger partial charge on any atom is -0.442 e. The number of hydrogen-bond donors (Lipinski definition) is 0. The van der Waals surface area contributed by atoms with Crippen LogP contribution in [0.2, 0.25) is 0 Å². The topological polar surface area (TPSA) is 195 Å². The van der Waals surface area contributed by atoms with E-state index in [1.807, 2.05) is 5.38 Å². The lowest BCUT2D eigenvalue weighted by Crippen LogP contribution is -1.85. The lowest BCUT2D eigenvalue weighted by Gasteiger charge is -1.88. The molecule has 0 aliphatic carbocycles. The van der Waals surface area contributed by atoms with Crippen molar-refractivity contribution in [3.63, 3.8) is 0 Å².